The first-order chi connectivity index (χ1) is 7.56. The Balaban J connectivity index is 1.91. The van der Waals surface area contributed by atoms with Gasteiger partial charge in [0.2, 0.25) is 0 Å². The number of halogens is 2. The zero-order chi connectivity index (χ0) is 11.7. The Labute approximate surface area is 97.4 Å². The monoisotopic (exact) mass is 243 g/mol. The highest BCUT2D eigenvalue weighted by Gasteiger charge is 2.32. The van der Waals surface area contributed by atoms with Crippen molar-refractivity contribution in [2.45, 2.75) is 6.54 Å². The van der Waals surface area contributed by atoms with Crippen LogP contribution in [0.2, 0.25) is 5.02 Å². The third-order valence-corrected chi connectivity index (χ3v) is 2.99. The average molecular weight is 244 g/mol. The zero-order valence-electron chi connectivity index (χ0n) is 8.49. The van der Waals surface area contributed by atoms with Crippen LogP contribution in [-0.2, 0) is 11.3 Å². The summed E-state index contributed by atoms with van der Waals surface area (Å²) in [4.78, 5) is 12.6. The van der Waals surface area contributed by atoms with E-state index in [1.165, 1.54) is 6.07 Å². The van der Waals surface area contributed by atoms with Crippen molar-refractivity contribution < 1.29 is 14.3 Å². The van der Waals surface area contributed by atoms with Gasteiger partial charge in [0.15, 0.2) is 0 Å². The molecule has 1 aliphatic heterocycles. The number of nitrogens with zero attached hydrogens (tertiary/aromatic N) is 1. The Morgan fingerprint density at radius 3 is 2.81 bits per heavy atom. The lowest BCUT2D eigenvalue weighted by Gasteiger charge is -2.36. The summed E-state index contributed by atoms with van der Waals surface area (Å²) in [7, 11) is 0. The molecule has 0 saturated carbocycles. The summed E-state index contributed by atoms with van der Waals surface area (Å²) in [5.74, 6) is -1.46. The molecule has 1 aliphatic rings. The molecule has 3 nitrogen and oxygen atoms in total. The van der Waals surface area contributed by atoms with Gasteiger partial charge in [-0.1, -0.05) is 17.7 Å². The molecule has 1 N–H and O–H groups in total. The molecular weight excluding hydrogens is 233 g/mol. The van der Waals surface area contributed by atoms with Crippen molar-refractivity contribution in [1.29, 1.82) is 0 Å². The van der Waals surface area contributed by atoms with Gasteiger partial charge >= 0.3 is 5.97 Å². The first-order valence-corrected chi connectivity index (χ1v) is 5.33. The lowest BCUT2D eigenvalue weighted by atomic mass is 10.00. The smallest absolute Gasteiger partial charge is 0.309 e. The van der Waals surface area contributed by atoms with Crippen LogP contribution in [0, 0.1) is 11.7 Å². The van der Waals surface area contributed by atoms with Crippen molar-refractivity contribution in [2.24, 2.45) is 5.92 Å². The van der Waals surface area contributed by atoms with Gasteiger partial charge < -0.3 is 5.11 Å². The standard InChI is InChI=1S/C11H11ClFNO2/c12-9-3-7(1-2-10(9)13)4-14-5-8(6-14)11(15)16/h1-3,8H,4-6H2,(H,15,16). The number of carboxylic acids is 1. The Bertz CT molecular complexity index is 418. The molecule has 0 atom stereocenters. The Morgan fingerprint density at radius 1 is 1.56 bits per heavy atom. The molecule has 1 heterocycles. The molecule has 0 amide bonds. The molecule has 0 spiro atoms. The number of carbonyl (C=O) groups is 1. The first-order valence-electron chi connectivity index (χ1n) is 4.95. The van der Waals surface area contributed by atoms with Crippen LogP contribution < -0.4 is 0 Å². The highest BCUT2D eigenvalue weighted by molar-refractivity contribution is 6.30. The van der Waals surface area contributed by atoms with Crippen molar-refractivity contribution in [1.82, 2.24) is 4.90 Å². The number of rotatable bonds is 3. The van der Waals surface area contributed by atoms with E-state index in [4.69, 9.17) is 16.7 Å². The third-order valence-electron chi connectivity index (χ3n) is 2.70. The van der Waals surface area contributed by atoms with Gasteiger partial charge in [0.05, 0.1) is 10.9 Å². The molecule has 0 aromatic heterocycles. The summed E-state index contributed by atoms with van der Waals surface area (Å²) in [6, 6.07) is 4.56. The van der Waals surface area contributed by atoms with E-state index in [0.29, 0.717) is 19.6 Å². The van der Waals surface area contributed by atoms with Crippen molar-refractivity contribution in [2.75, 3.05) is 13.1 Å². The SMILES string of the molecule is O=C(O)C1CN(Cc2ccc(F)c(Cl)c2)C1. The Hall–Kier alpha value is -1.13. The van der Waals surface area contributed by atoms with Crippen molar-refractivity contribution in [3.63, 3.8) is 0 Å². The predicted octanol–water partition coefficient (Wildman–Crippen LogP) is 2.00. The summed E-state index contributed by atoms with van der Waals surface area (Å²) in [6.45, 7) is 1.71. The van der Waals surface area contributed by atoms with Crippen LogP contribution in [0.3, 0.4) is 0 Å². The van der Waals surface area contributed by atoms with Gasteiger partial charge in [-0.2, -0.15) is 0 Å². The summed E-state index contributed by atoms with van der Waals surface area (Å²) in [5, 5.41) is 8.80. The van der Waals surface area contributed by atoms with Crippen LogP contribution in [0.4, 0.5) is 4.39 Å². The summed E-state index contributed by atoms with van der Waals surface area (Å²) >= 11 is 5.65. The highest BCUT2D eigenvalue weighted by atomic mass is 35.5. The number of carboxylic acid groups (broad SMARTS) is 1. The normalized spacial score (nSPS) is 17.1. The minimum Gasteiger partial charge on any atom is -0.481 e. The average Bonchev–Trinajstić information content (AvgIpc) is 2.15. The molecule has 1 aromatic rings. The number of likely N-dealkylation sites (tertiary alicyclic amines) is 1. The molecule has 5 heteroatoms. The second-order valence-corrected chi connectivity index (χ2v) is 4.38. The van der Waals surface area contributed by atoms with E-state index in [1.807, 2.05) is 4.90 Å². The quantitative estimate of drug-likeness (QED) is 0.883. The maximum Gasteiger partial charge on any atom is 0.309 e. The van der Waals surface area contributed by atoms with Crippen LogP contribution in [0.15, 0.2) is 18.2 Å². The van der Waals surface area contributed by atoms with Gasteiger partial charge in [-0.25, -0.2) is 4.39 Å². The number of hydrogen-bond acceptors (Lipinski definition) is 2. The molecule has 0 unspecified atom stereocenters. The van der Waals surface area contributed by atoms with E-state index < -0.39 is 11.8 Å². The van der Waals surface area contributed by atoms with Crippen molar-refractivity contribution >= 4 is 17.6 Å². The lowest BCUT2D eigenvalue weighted by molar-refractivity contribution is -0.147. The van der Waals surface area contributed by atoms with Crippen LogP contribution in [0.25, 0.3) is 0 Å². The molecule has 86 valence electrons. The number of aliphatic carboxylic acids is 1. The highest BCUT2D eigenvalue weighted by Crippen LogP contribution is 2.21. The fraction of sp³-hybridized carbons (Fsp3) is 0.364. The molecule has 1 saturated heterocycles. The van der Waals surface area contributed by atoms with E-state index >= 15 is 0 Å². The molecule has 1 aromatic carbocycles. The topological polar surface area (TPSA) is 40.5 Å². The van der Waals surface area contributed by atoms with E-state index in [2.05, 4.69) is 0 Å². The van der Waals surface area contributed by atoms with Crippen molar-refractivity contribution in [3.8, 4) is 0 Å². The van der Waals surface area contributed by atoms with Crippen LogP contribution in [0.5, 0.6) is 0 Å². The first kappa shape index (κ1) is 11.4. The van der Waals surface area contributed by atoms with Crippen molar-refractivity contribution in [3.05, 3.63) is 34.6 Å². The predicted molar refractivity (Wildman–Crippen MR) is 57.8 cm³/mol. The largest absolute Gasteiger partial charge is 0.481 e. The maximum absolute atomic E-state index is 12.9. The van der Waals surface area contributed by atoms with Gasteiger partial charge in [-0.3, -0.25) is 9.69 Å². The summed E-state index contributed by atoms with van der Waals surface area (Å²) in [5.41, 5.74) is 0.898. The van der Waals surface area contributed by atoms with Gasteiger partial charge in [0.25, 0.3) is 0 Å². The number of hydrogen-bond donors (Lipinski definition) is 1. The van der Waals surface area contributed by atoms with E-state index in [1.54, 1.807) is 12.1 Å². The Kier molecular flexibility index (Phi) is 3.12. The van der Waals surface area contributed by atoms with E-state index in [0.717, 1.165) is 5.56 Å². The van der Waals surface area contributed by atoms with Crippen LogP contribution in [-0.4, -0.2) is 29.1 Å². The minimum absolute atomic E-state index is 0.104. The summed E-state index contributed by atoms with van der Waals surface area (Å²) < 4.78 is 12.9. The molecular formula is C11H11ClFNO2. The second kappa shape index (κ2) is 4.39. The molecule has 0 aliphatic carbocycles. The number of benzene rings is 1. The van der Waals surface area contributed by atoms with Gasteiger partial charge in [-0.05, 0) is 17.7 Å². The van der Waals surface area contributed by atoms with E-state index in [9.17, 15) is 9.18 Å². The molecule has 0 bridgehead atoms. The second-order valence-electron chi connectivity index (χ2n) is 3.98. The molecule has 0 radical (unpaired) electrons. The lowest BCUT2D eigenvalue weighted by Crippen LogP contribution is -2.49. The molecule has 16 heavy (non-hydrogen) atoms. The summed E-state index contributed by atoms with van der Waals surface area (Å²) in [6.07, 6.45) is 0. The van der Waals surface area contributed by atoms with Crippen LogP contribution in [0.1, 0.15) is 5.56 Å². The van der Waals surface area contributed by atoms with Gasteiger partial charge in [0, 0.05) is 19.6 Å². The minimum atomic E-state index is -0.756. The van der Waals surface area contributed by atoms with Gasteiger partial charge in [0.1, 0.15) is 5.82 Å². The molecule has 2 rings (SSSR count). The Morgan fingerprint density at radius 2 is 2.25 bits per heavy atom. The third kappa shape index (κ3) is 2.33. The van der Waals surface area contributed by atoms with E-state index in [-0.39, 0.29) is 10.9 Å². The fourth-order valence-electron chi connectivity index (χ4n) is 1.75. The molecule has 1 fully saturated rings. The van der Waals surface area contributed by atoms with Crippen LogP contribution >= 0.6 is 11.6 Å². The maximum atomic E-state index is 12.9. The zero-order valence-corrected chi connectivity index (χ0v) is 9.25. The fourth-order valence-corrected chi connectivity index (χ4v) is 1.95. The van der Waals surface area contributed by atoms with Gasteiger partial charge in [-0.15, -0.1) is 0 Å².